The van der Waals surface area contributed by atoms with Gasteiger partial charge in [-0.1, -0.05) is 24.3 Å². The molecule has 1 fully saturated rings. The molecule has 0 aromatic heterocycles. The molecule has 3 rings (SSSR count). The van der Waals surface area contributed by atoms with Crippen molar-refractivity contribution in [2.24, 2.45) is 0 Å². The topological polar surface area (TPSA) is 59.1 Å². The third-order valence-corrected chi connectivity index (χ3v) is 4.64. The van der Waals surface area contributed by atoms with E-state index in [1.807, 2.05) is 30.1 Å². The number of benzene rings is 1. The van der Waals surface area contributed by atoms with Gasteiger partial charge in [0.05, 0.1) is 7.11 Å². The van der Waals surface area contributed by atoms with E-state index in [4.69, 9.17) is 9.47 Å². The van der Waals surface area contributed by atoms with E-state index in [-0.39, 0.29) is 24.2 Å². The Hall–Kier alpha value is -2.08. The monoisotopic (exact) mass is 318 g/mol. The van der Waals surface area contributed by atoms with Gasteiger partial charge in [-0.3, -0.25) is 9.69 Å². The molecule has 2 aliphatic heterocycles. The number of esters is 1. The van der Waals surface area contributed by atoms with Crippen molar-refractivity contribution in [3.63, 3.8) is 0 Å². The van der Waals surface area contributed by atoms with Gasteiger partial charge >= 0.3 is 12.1 Å². The molecule has 1 aromatic carbocycles. The van der Waals surface area contributed by atoms with E-state index < -0.39 is 0 Å². The van der Waals surface area contributed by atoms with Gasteiger partial charge in [-0.15, -0.1) is 0 Å². The minimum atomic E-state index is -0.333. The predicted octanol–water partition coefficient (Wildman–Crippen LogP) is 1.43. The van der Waals surface area contributed by atoms with Gasteiger partial charge in [0.25, 0.3) is 0 Å². The zero-order valence-electron chi connectivity index (χ0n) is 13.5. The number of likely N-dealkylation sites (N-methyl/N-ethyl adjacent to an activating group) is 1. The molecule has 0 aliphatic carbocycles. The van der Waals surface area contributed by atoms with Crippen LogP contribution in [0.25, 0.3) is 0 Å². The van der Waals surface area contributed by atoms with Crippen molar-refractivity contribution in [3.05, 3.63) is 35.4 Å². The normalized spacial score (nSPS) is 24.2. The van der Waals surface area contributed by atoms with Crippen molar-refractivity contribution in [3.8, 4) is 0 Å². The third-order valence-electron chi connectivity index (χ3n) is 4.64. The maximum atomic E-state index is 12.4. The molecule has 0 saturated carbocycles. The average molecular weight is 318 g/mol. The molecule has 6 heteroatoms. The summed E-state index contributed by atoms with van der Waals surface area (Å²) >= 11 is 0. The summed E-state index contributed by atoms with van der Waals surface area (Å²) in [4.78, 5) is 27.7. The summed E-state index contributed by atoms with van der Waals surface area (Å²) in [5.74, 6) is -0.280. The summed E-state index contributed by atoms with van der Waals surface area (Å²) in [6.45, 7) is 1.80. The van der Waals surface area contributed by atoms with E-state index in [0.29, 0.717) is 26.1 Å². The summed E-state index contributed by atoms with van der Waals surface area (Å²) < 4.78 is 10.4. The summed E-state index contributed by atoms with van der Waals surface area (Å²) in [7, 11) is 3.22. The minimum Gasteiger partial charge on any atom is -0.468 e. The molecule has 124 valence electrons. The third kappa shape index (κ3) is 3.32. The van der Waals surface area contributed by atoms with Crippen molar-refractivity contribution in [1.82, 2.24) is 9.80 Å². The molecule has 0 unspecified atom stereocenters. The second-order valence-electron chi connectivity index (χ2n) is 6.16. The van der Waals surface area contributed by atoms with Crippen LogP contribution in [-0.4, -0.2) is 61.3 Å². The van der Waals surface area contributed by atoms with Gasteiger partial charge in [-0.2, -0.15) is 0 Å². The number of hydrogen-bond acceptors (Lipinski definition) is 5. The van der Waals surface area contributed by atoms with Crippen LogP contribution in [0, 0.1) is 0 Å². The maximum absolute atomic E-state index is 12.4. The fourth-order valence-corrected chi connectivity index (χ4v) is 3.32. The molecule has 2 atom stereocenters. The highest BCUT2D eigenvalue weighted by atomic mass is 16.6. The molecule has 6 nitrogen and oxygen atoms in total. The molecule has 0 bridgehead atoms. The maximum Gasteiger partial charge on any atom is 0.410 e. The fourth-order valence-electron chi connectivity index (χ4n) is 3.32. The number of methoxy groups -OCH3 is 1. The van der Waals surface area contributed by atoms with E-state index in [1.165, 1.54) is 18.2 Å². The zero-order valence-corrected chi connectivity index (χ0v) is 13.5. The largest absolute Gasteiger partial charge is 0.468 e. The Kier molecular flexibility index (Phi) is 4.52. The lowest BCUT2D eigenvalue weighted by Crippen LogP contribution is -2.38. The van der Waals surface area contributed by atoms with Gasteiger partial charge in [0.1, 0.15) is 12.1 Å². The Morgan fingerprint density at radius 1 is 1.22 bits per heavy atom. The minimum absolute atomic E-state index is 0.270. The zero-order chi connectivity index (χ0) is 16.4. The van der Waals surface area contributed by atoms with E-state index in [2.05, 4.69) is 6.07 Å². The highest BCUT2D eigenvalue weighted by Crippen LogP contribution is 2.23. The first kappa shape index (κ1) is 15.8. The van der Waals surface area contributed by atoms with Crippen LogP contribution in [0.1, 0.15) is 17.5 Å². The van der Waals surface area contributed by atoms with Gasteiger partial charge in [-0.25, -0.2) is 4.79 Å². The number of rotatable bonds is 2. The number of hydrogen-bond donors (Lipinski definition) is 0. The standard InChI is InChI=1S/C17H22N2O4/c1-18-11-14(9-15(18)16(20)22-2)23-17(21)19-8-7-12-5-3-4-6-13(12)10-19/h3-6,14-15H,7-11H2,1-2H3/t14-,15-/m0/s1. The van der Waals surface area contributed by atoms with Crippen molar-refractivity contribution in [1.29, 1.82) is 0 Å². The Balaban J connectivity index is 1.57. The SMILES string of the molecule is COC(=O)[C@@H]1C[C@H](OC(=O)N2CCc3ccccc3C2)CN1C. The molecule has 0 N–H and O–H groups in total. The van der Waals surface area contributed by atoms with Crippen LogP contribution in [-0.2, 0) is 27.2 Å². The molecule has 1 aromatic rings. The van der Waals surface area contributed by atoms with Crippen LogP contribution >= 0.6 is 0 Å². The van der Waals surface area contributed by atoms with E-state index in [1.54, 1.807) is 4.90 Å². The van der Waals surface area contributed by atoms with Gasteiger partial charge in [0, 0.05) is 26.1 Å². The van der Waals surface area contributed by atoms with E-state index in [9.17, 15) is 9.59 Å². The lowest BCUT2D eigenvalue weighted by molar-refractivity contribution is -0.145. The summed E-state index contributed by atoms with van der Waals surface area (Å²) in [5.41, 5.74) is 2.47. The Labute approximate surface area is 136 Å². The van der Waals surface area contributed by atoms with Crippen molar-refractivity contribution >= 4 is 12.1 Å². The highest BCUT2D eigenvalue weighted by Gasteiger charge is 2.38. The number of likely N-dealkylation sites (tertiary alicyclic amines) is 1. The average Bonchev–Trinajstić information content (AvgIpc) is 2.94. The van der Waals surface area contributed by atoms with Gasteiger partial charge in [-0.05, 0) is 24.6 Å². The number of carbonyl (C=O) groups is 2. The van der Waals surface area contributed by atoms with Crippen molar-refractivity contribution < 1.29 is 19.1 Å². The number of amides is 1. The Morgan fingerprint density at radius 3 is 2.70 bits per heavy atom. The van der Waals surface area contributed by atoms with E-state index in [0.717, 1.165) is 6.42 Å². The number of fused-ring (bicyclic) bond motifs is 1. The quantitative estimate of drug-likeness (QED) is 0.772. The lowest BCUT2D eigenvalue weighted by Gasteiger charge is -2.29. The number of carbonyl (C=O) groups excluding carboxylic acids is 2. The van der Waals surface area contributed by atoms with Gasteiger partial charge < -0.3 is 14.4 Å². The second kappa shape index (κ2) is 6.58. The molecule has 23 heavy (non-hydrogen) atoms. The number of nitrogens with zero attached hydrogens (tertiary/aromatic N) is 2. The molecule has 0 spiro atoms. The second-order valence-corrected chi connectivity index (χ2v) is 6.16. The van der Waals surface area contributed by atoms with Gasteiger partial charge in [0.15, 0.2) is 0 Å². The molecule has 1 saturated heterocycles. The number of ether oxygens (including phenoxy) is 2. The highest BCUT2D eigenvalue weighted by molar-refractivity contribution is 5.76. The fraction of sp³-hybridized carbons (Fsp3) is 0.529. The summed E-state index contributed by atoms with van der Waals surface area (Å²) in [6.07, 6.45) is 0.761. The predicted molar refractivity (Wildman–Crippen MR) is 83.9 cm³/mol. The smallest absolute Gasteiger partial charge is 0.410 e. The van der Waals surface area contributed by atoms with Crippen LogP contribution in [0.15, 0.2) is 24.3 Å². The molecule has 2 heterocycles. The lowest BCUT2D eigenvalue weighted by atomic mass is 10.0. The Bertz CT molecular complexity index is 604. The van der Waals surface area contributed by atoms with E-state index >= 15 is 0 Å². The molecule has 1 amide bonds. The first-order valence-electron chi connectivity index (χ1n) is 7.89. The van der Waals surface area contributed by atoms with Crippen LogP contribution < -0.4 is 0 Å². The summed E-state index contributed by atoms with van der Waals surface area (Å²) in [6, 6.07) is 7.82. The molecule has 2 aliphatic rings. The van der Waals surface area contributed by atoms with Gasteiger partial charge in [0.2, 0.25) is 0 Å². The van der Waals surface area contributed by atoms with Crippen molar-refractivity contribution in [2.75, 3.05) is 27.2 Å². The first-order chi connectivity index (χ1) is 11.1. The molecular weight excluding hydrogens is 296 g/mol. The van der Waals surface area contributed by atoms with Crippen LogP contribution in [0.3, 0.4) is 0 Å². The van der Waals surface area contributed by atoms with Crippen LogP contribution in [0.2, 0.25) is 0 Å². The summed E-state index contributed by atoms with van der Waals surface area (Å²) in [5, 5.41) is 0. The van der Waals surface area contributed by atoms with Crippen LogP contribution in [0.5, 0.6) is 0 Å². The Morgan fingerprint density at radius 2 is 1.96 bits per heavy atom. The first-order valence-corrected chi connectivity index (χ1v) is 7.89. The van der Waals surface area contributed by atoms with Crippen molar-refractivity contribution in [2.45, 2.75) is 31.5 Å². The molecular formula is C17H22N2O4. The van der Waals surface area contributed by atoms with Crippen LogP contribution in [0.4, 0.5) is 4.79 Å². The molecule has 0 radical (unpaired) electrons.